The number of amides is 1. The number of benzene rings is 1. The maximum Gasteiger partial charge on any atom is 0.323 e. The first-order valence-corrected chi connectivity index (χ1v) is 4.95. The van der Waals surface area contributed by atoms with E-state index in [9.17, 15) is 14.0 Å². The van der Waals surface area contributed by atoms with Crippen LogP contribution in [0.3, 0.4) is 0 Å². The lowest BCUT2D eigenvalue weighted by molar-refractivity contribution is -0.135. The van der Waals surface area contributed by atoms with Crippen LogP contribution < -0.4 is 10.6 Å². The Kier molecular flexibility index (Phi) is 4.27. The lowest BCUT2D eigenvalue weighted by atomic mass is 10.1. The molecule has 0 fully saturated rings. The van der Waals surface area contributed by atoms with Crippen LogP contribution in [-0.2, 0) is 4.79 Å². The van der Waals surface area contributed by atoms with Crippen LogP contribution in [0.5, 0.6) is 0 Å². The van der Waals surface area contributed by atoms with Crippen LogP contribution in [0, 0.1) is 18.2 Å². The number of anilines is 1. The maximum absolute atomic E-state index is 13.7. The van der Waals surface area contributed by atoms with Gasteiger partial charge >= 0.3 is 5.97 Å². The zero-order chi connectivity index (χ0) is 13.7. The molecule has 0 spiro atoms. The largest absolute Gasteiger partial charge is 0.480 e. The van der Waals surface area contributed by atoms with Gasteiger partial charge in [-0.15, -0.1) is 6.42 Å². The molecule has 94 valence electrons. The fourth-order valence-corrected chi connectivity index (χ4v) is 1.42. The van der Waals surface area contributed by atoms with E-state index in [0.717, 1.165) is 6.07 Å². The molecule has 6 heteroatoms. The van der Waals surface area contributed by atoms with Gasteiger partial charge < -0.3 is 15.7 Å². The van der Waals surface area contributed by atoms with E-state index in [1.54, 1.807) is 0 Å². The van der Waals surface area contributed by atoms with Crippen LogP contribution in [0.25, 0.3) is 0 Å². The number of nitrogens with two attached hydrogens (primary N) is 1. The molecule has 0 aliphatic carbocycles. The van der Waals surface area contributed by atoms with Gasteiger partial charge in [0.1, 0.15) is 12.4 Å². The summed E-state index contributed by atoms with van der Waals surface area (Å²) in [6.45, 7) is -0.490. The first-order chi connectivity index (χ1) is 8.45. The molecule has 0 saturated carbocycles. The Balaban J connectivity index is 3.09. The molecule has 1 amide bonds. The average Bonchev–Trinajstić information content (AvgIpc) is 2.27. The standard InChI is InChI=1S/C12H11FN2O3/c1-2-5-15(7-11(16)17)10-4-3-8(12(14)18)6-9(10)13/h1,3-4,6H,5,7H2,(H2,14,18)(H,16,17). The average molecular weight is 250 g/mol. The normalized spacial score (nSPS) is 9.56. The Morgan fingerprint density at radius 2 is 2.17 bits per heavy atom. The molecule has 0 aromatic heterocycles. The van der Waals surface area contributed by atoms with Crippen LogP contribution in [0.15, 0.2) is 18.2 Å². The Labute approximate surface area is 103 Å². The van der Waals surface area contributed by atoms with Crippen molar-refractivity contribution in [2.75, 3.05) is 18.0 Å². The second-order valence-corrected chi connectivity index (χ2v) is 3.48. The molecule has 0 aliphatic heterocycles. The quantitative estimate of drug-likeness (QED) is 0.743. The molecule has 0 heterocycles. The summed E-state index contributed by atoms with van der Waals surface area (Å²) in [7, 11) is 0. The maximum atomic E-state index is 13.7. The first kappa shape index (κ1) is 13.5. The first-order valence-electron chi connectivity index (χ1n) is 4.95. The van der Waals surface area contributed by atoms with Crippen molar-refractivity contribution < 1.29 is 19.1 Å². The molecule has 1 aromatic carbocycles. The van der Waals surface area contributed by atoms with Gasteiger partial charge in [-0.3, -0.25) is 9.59 Å². The van der Waals surface area contributed by atoms with Gasteiger partial charge in [-0.05, 0) is 18.2 Å². The molecule has 1 rings (SSSR count). The molecule has 5 nitrogen and oxygen atoms in total. The summed E-state index contributed by atoms with van der Waals surface area (Å²) in [6.07, 6.45) is 5.09. The number of terminal acetylenes is 1. The van der Waals surface area contributed by atoms with Crippen LogP contribution in [-0.4, -0.2) is 30.1 Å². The number of hydrogen-bond donors (Lipinski definition) is 2. The summed E-state index contributed by atoms with van der Waals surface area (Å²) in [5.41, 5.74) is 5.02. The van der Waals surface area contributed by atoms with Gasteiger partial charge in [-0.2, -0.15) is 0 Å². The second kappa shape index (κ2) is 5.68. The Morgan fingerprint density at radius 1 is 1.50 bits per heavy atom. The van der Waals surface area contributed by atoms with Gasteiger partial charge in [0, 0.05) is 5.56 Å². The lowest BCUT2D eigenvalue weighted by Crippen LogP contribution is -2.30. The second-order valence-electron chi connectivity index (χ2n) is 3.48. The molecule has 0 aliphatic rings. The Hall–Kier alpha value is -2.55. The SMILES string of the molecule is C#CCN(CC(=O)O)c1ccc(C(N)=O)cc1F. The van der Waals surface area contributed by atoms with Crippen LogP contribution in [0.2, 0.25) is 0 Å². The summed E-state index contributed by atoms with van der Waals surface area (Å²) in [5, 5.41) is 8.70. The molecule has 0 atom stereocenters. The number of carboxylic acid groups (broad SMARTS) is 1. The zero-order valence-electron chi connectivity index (χ0n) is 9.39. The van der Waals surface area contributed by atoms with Crippen LogP contribution in [0.1, 0.15) is 10.4 Å². The van der Waals surface area contributed by atoms with E-state index in [0.29, 0.717) is 0 Å². The van der Waals surface area contributed by atoms with Gasteiger partial charge in [0.15, 0.2) is 0 Å². The van der Waals surface area contributed by atoms with E-state index in [1.807, 2.05) is 0 Å². The molecular formula is C12H11FN2O3. The van der Waals surface area contributed by atoms with Crippen molar-refractivity contribution in [3.05, 3.63) is 29.6 Å². The van der Waals surface area contributed by atoms with Crippen LogP contribution >= 0.6 is 0 Å². The third-order valence-electron chi connectivity index (χ3n) is 2.18. The fraction of sp³-hybridized carbons (Fsp3) is 0.167. The number of carbonyl (C=O) groups excluding carboxylic acids is 1. The predicted octanol–water partition coefficient (Wildman–Crippen LogP) is 0.449. The fourth-order valence-electron chi connectivity index (χ4n) is 1.42. The van der Waals surface area contributed by atoms with E-state index in [4.69, 9.17) is 17.3 Å². The lowest BCUT2D eigenvalue weighted by Gasteiger charge is -2.20. The molecule has 0 saturated heterocycles. The summed E-state index contributed by atoms with van der Waals surface area (Å²) in [5.74, 6) is -0.404. The monoisotopic (exact) mass is 250 g/mol. The number of aliphatic carboxylic acids is 1. The van der Waals surface area contributed by atoms with E-state index >= 15 is 0 Å². The highest BCUT2D eigenvalue weighted by Gasteiger charge is 2.15. The highest BCUT2D eigenvalue weighted by Crippen LogP contribution is 2.20. The van der Waals surface area contributed by atoms with E-state index in [2.05, 4.69) is 5.92 Å². The Morgan fingerprint density at radius 3 is 2.61 bits per heavy atom. The van der Waals surface area contributed by atoms with Gasteiger partial charge in [-0.1, -0.05) is 5.92 Å². The highest BCUT2D eigenvalue weighted by atomic mass is 19.1. The van der Waals surface area contributed by atoms with Gasteiger partial charge in [0.05, 0.1) is 12.2 Å². The third-order valence-corrected chi connectivity index (χ3v) is 2.18. The predicted molar refractivity (Wildman–Crippen MR) is 63.6 cm³/mol. The number of halogens is 1. The molecule has 0 unspecified atom stereocenters. The molecule has 18 heavy (non-hydrogen) atoms. The summed E-state index contributed by atoms with van der Waals surface area (Å²) >= 11 is 0. The Bertz CT molecular complexity index is 523. The molecule has 0 bridgehead atoms. The van der Waals surface area contributed by atoms with Crippen molar-refractivity contribution in [3.8, 4) is 12.3 Å². The van der Waals surface area contributed by atoms with Crippen molar-refractivity contribution in [1.29, 1.82) is 0 Å². The minimum Gasteiger partial charge on any atom is -0.480 e. The van der Waals surface area contributed by atoms with E-state index in [-0.39, 0.29) is 17.8 Å². The number of carbonyl (C=O) groups is 2. The number of carboxylic acids is 1. The smallest absolute Gasteiger partial charge is 0.323 e. The summed E-state index contributed by atoms with van der Waals surface area (Å²) < 4.78 is 13.7. The van der Waals surface area contributed by atoms with Crippen LogP contribution in [0.4, 0.5) is 10.1 Å². The van der Waals surface area contributed by atoms with Crippen molar-refractivity contribution in [3.63, 3.8) is 0 Å². The summed E-state index contributed by atoms with van der Waals surface area (Å²) in [6, 6.07) is 3.53. The van der Waals surface area contributed by atoms with Crippen molar-refractivity contribution in [2.45, 2.75) is 0 Å². The zero-order valence-corrected chi connectivity index (χ0v) is 9.39. The van der Waals surface area contributed by atoms with E-state index < -0.39 is 24.2 Å². The molecule has 0 radical (unpaired) electrons. The van der Waals surface area contributed by atoms with Crippen molar-refractivity contribution >= 4 is 17.6 Å². The topological polar surface area (TPSA) is 83.6 Å². The summed E-state index contributed by atoms with van der Waals surface area (Å²) in [4.78, 5) is 22.7. The molecule has 1 aromatic rings. The number of rotatable bonds is 5. The highest BCUT2D eigenvalue weighted by molar-refractivity contribution is 5.93. The third kappa shape index (κ3) is 3.22. The minimum atomic E-state index is -1.14. The number of primary amides is 1. The number of nitrogens with zero attached hydrogens (tertiary/aromatic N) is 1. The minimum absolute atomic E-state index is 0.00670. The van der Waals surface area contributed by atoms with Gasteiger partial charge in [-0.25, -0.2) is 4.39 Å². The molecular weight excluding hydrogens is 239 g/mol. The van der Waals surface area contributed by atoms with Crippen molar-refractivity contribution in [2.24, 2.45) is 5.73 Å². The van der Waals surface area contributed by atoms with Crippen molar-refractivity contribution in [1.82, 2.24) is 0 Å². The molecule has 3 N–H and O–H groups in total. The van der Waals surface area contributed by atoms with Gasteiger partial charge in [0.25, 0.3) is 0 Å². The number of hydrogen-bond acceptors (Lipinski definition) is 3. The van der Waals surface area contributed by atoms with E-state index in [1.165, 1.54) is 17.0 Å². The van der Waals surface area contributed by atoms with Gasteiger partial charge in [0.2, 0.25) is 5.91 Å².